The van der Waals surface area contributed by atoms with Crippen LogP contribution in [-0.4, -0.2) is 17.9 Å². The second kappa shape index (κ2) is 3.75. The normalized spacial score (nSPS) is 26.7. The molecule has 4 heteroatoms. The highest BCUT2D eigenvalue weighted by atomic mass is 35.5. The number of phenolic OH excluding ortho intramolecular Hbond substituents is 1. The van der Waals surface area contributed by atoms with Crippen molar-refractivity contribution in [2.45, 2.75) is 18.6 Å². The average Bonchev–Trinajstić information content (AvgIpc) is 2.57. The Balaban J connectivity index is 2.36. The van der Waals surface area contributed by atoms with E-state index in [9.17, 15) is 9.50 Å². The molecular formula is C10H11ClFNO. The van der Waals surface area contributed by atoms with E-state index < -0.39 is 6.30 Å². The zero-order valence-electron chi connectivity index (χ0n) is 7.50. The van der Waals surface area contributed by atoms with E-state index in [4.69, 9.17) is 11.6 Å². The van der Waals surface area contributed by atoms with E-state index in [0.29, 0.717) is 18.5 Å². The lowest BCUT2D eigenvalue weighted by Gasteiger charge is -2.14. The summed E-state index contributed by atoms with van der Waals surface area (Å²) in [7, 11) is 0. The lowest BCUT2D eigenvalue weighted by atomic mass is 9.97. The molecule has 2 nitrogen and oxygen atoms in total. The summed E-state index contributed by atoms with van der Waals surface area (Å²) in [5.74, 6) is -0.224. The Morgan fingerprint density at radius 2 is 2.29 bits per heavy atom. The molecular weight excluding hydrogens is 205 g/mol. The molecule has 0 aromatic heterocycles. The number of hydrogen-bond donors (Lipinski definition) is 2. The Hall–Kier alpha value is -0.800. The predicted molar refractivity (Wildman–Crippen MR) is 53.4 cm³/mol. The minimum atomic E-state index is -1.06. The van der Waals surface area contributed by atoms with Gasteiger partial charge < -0.3 is 5.11 Å². The van der Waals surface area contributed by atoms with Gasteiger partial charge in [0.25, 0.3) is 0 Å². The molecule has 1 aliphatic rings. The van der Waals surface area contributed by atoms with Crippen molar-refractivity contribution in [3.05, 3.63) is 28.8 Å². The van der Waals surface area contributed by atoms with E-state index >= 15 is 0 Å². The largest absolute Gasteiger partial charge is 0.506 e. The van der Waals surface area contributed by atoms with Crippen molar-refractivity contribution in [3.8, 4) is 5.75 Å². The maximum atomic E-state index is 13.3. The molecule has 1 aromatic rings. The third-order valence-corrected chi connectivity index (χ3v) is 2.97. The van der Waals surface area contributed by atoms with Crippen LogP contribution < -0.4 is 5.32 Å². The predicted octanol–water partition coefficient (Wildman–Crippen LogP) is 2.42. The molecule has 0 bridgehead atoms. The Morgan fingerprint density at radius 3 is 2.93 bits per heavy atom. The molecule has 2 atom stereocenters. The summed E-state index contributed by atoms with van der Waals surface area (Å²) in [4.78, 5) is 0. The Morgan fingerprint density at radius 1 is 1.50 bits per heavy atom. The molecule has 1 heterocycles. The number of phenols is 1. The molecule has 2 unspecified atom stereocenters. The summed E-state index contributed by atoms with van der Waals surface area (Å²) in [5.41, 5.74) is 0.684. The average molecular weight is 216 g/mol. The third kappa shape index (κ3) is 1.57. The van der Waals surface area contributed by atoms with E-state index in [1.54, 1.807) is 12.1 Å². The number of alkyl halides is 1. The first kappa shape index (κ1) is 9.74. The maximum Gasteiger partial charge on any atom is 0.158 e. The Bertz CT molecular complexity index is 345. The number of benzene rings is 1. The van der Waals surface area contributed by atoms with Gasteiger partial charge in [-0.15, -0.1) is 0 Å². The summed E-state index contributed by atoms with van der Waals surface area (Å²) in [6.45, 7) is 0.651. The first-order valence-electron chi connectivity index (χ1n) is 4.55. The Labute approximate surface area is 86.7 Å². The van der Waals surface area contributed by atoms with Gasteiger partial charge in [0.2, 0.25) is 0 Å². The molecule has 1 aromatic carbocycles. The van der Waals surface area contributed by atoms with Crippen molar-refractivity contribution in [2.75, 3.05) is 6.54 Å². The van der Waals surface area contributed by atoms with Gasteiger partial charge in [0.05, 0.1) is 5.02 Å². The maximum absolute atomic E-state index is 13.3. The van der Waals surface area contributed by atoms with Crippen molar-refractivity contribution in [3.63, 3.8) is 0 Å². The van der Waals surface area contributed by atoms with Crippen LogP contribution in [0.2, 0.25) is 5.02 Å². The first-order valence-corrected chi connectivity index (χ1v) is 4.93. The van der Waals surface area contributed by atoms with Crippen LogP contribution in [0, 0.1) is 0 Å². The minimum Gasteiger partial charge on any atom is -0.506 e. The monoisotopic (exact) mass is 215 g/mol. The van der Waals surface area contributed by atoms with Crippen LogP contribution in [0.1, 0.15) is 17.9 Å². The molecule has 1 fully saturated rings. The molecule has 76 valence electrons. The van der Waals surface area contributed by atoms with Gasteiger partial charge in [-0.3, -0.25) is 5.32 Å². The minimum absolute atomic E-state index is 0.0169. The summed E-state index contributed by atoms with van der Waals surface area (Å²) in [6.07, 6.45) is -0.348. The van der Waals surface area contributed by atoms with E-state index in [0.717, 1.165) is 0 Å². The fourth-order valence-corrected chi connectivity index (χ4v) is 2.07. The van der Waals surface area contributed by atoms with Crippen LogP contribution in [-0.2, 0) is 0 Å². The number of rotatable bonds is 1. The van der Waals surface area contributed by atoms with Gasteiger partial charge in [-0.25, -0.2) is 4.39 Å². The molecule has 0 saturated carbocycles. The molecule has 0 amide bonds. The van der Waals surface area contributed by atoms with Gasteiger partial charge in [-0.2, -0.15) is 0 Å². The topological polar surface area (TPSA) is 32.3 Å². The second-order valence-electron chi connectivity index (χ2n) is 3.43. The second-order valence-corrected chi connectivity index (χ2v) is 3.81. The number of nitrogens with one attached hydrogen (secondary N) is 1. The molecule has 1 aliphatic heterocycles. The van der Waals surface area contributed by atoms with E-state index in [1.807, 2.05) is 0 Å². The molecule has 2 rings (SSSR count). The van der Waals surface area contributed by atoms with Crippen molar-refractivity contribution >= 4 is 11.6 Å². The zero-order valence-corrected chi connectivity index (χ0v) is 8.26. The zero-order chi connectivity index (χ0) is 10.1. The highest BCUT2D eigenvalue weighted by molar-refractivity contribution is 6.32. The molecule has 2 N–H and O–H groups in total. The third-order valence-electron chi connectivity index (χ3n) is 2.56. The van der Waals surface area contributed by atoms with Gasteiger partial charge in [-0.1, -0.05) is 23.7 Å². The van der Waals surface area contributed by atoms with Crippen LogP contribution in [0.5, 0.6) is 5.75 Å². The first-order chi connectivity index (χ1) is 6.70. The van der Waals surface area contributed by atoms with Crippen molar-refractivity contribution in [1.29, 1.82) is 0 Å². The van der Waals surface area contributed by atoms with Gasteiger partial charge in [0.15, 0.2) is 6.30 Å². The number of hydrogen-bond acceptors (Lipinski definition) is 2. The molecule has 0 spiro atoms. The molecule has 0 aliphatic carbocycles. The summed E-state index contributed by atoms with van der Waals surface area (Å²) in [6, 6.07) is 4.94. The quantitative estimate of drug-likeness (QED) is 0.706. The Kier molecular flexibility index (Phi) is 2.61. The summed E-state index contributed by atoms with van der Waals surface area (Å²) in [5, 5.41) is 12.3. The lowest BCUT2D eigenvalue weighted by Crippen LogP contribution is -2.20. The van der Waals surface area contributed by atoms with Crippen molar-refractivity contribution < 1.29 is 9.50 Å². The van der Waals surface area contributed by atoms with Gasteiger partial charge >= 0.3 is 0 Å². The van der Waals surface area contributed by atoms with Crippen LogP contribution in [0.15, 0.2) is 18.2 Å². The van der Waals surface area contributed by atoms with Crippen LogP contribution in [0.4, 0.5) is 4.39 Å². The summed E-state index contributed by atoms with van der Waals surface area (Å²) < 4.78 is 13.3. The van der Waals surface area contributed by atoms with Crippen molar-refractivity contribution in [2.24, 2.45) is 0 Å². The van der Waals surface area contributed by atoms with E-state index in [-0.39, 0.29) is 16.7 Å². The van der Waals surface area contributed by atoms with Gasteiger partial charge in [0.1, 0.15) is 5.75 Å². The fraction of sp³-hybridized carbons (Fsp3) is 0.400. The smallest absolute Gasteiger partial charge is 0.158 e. The van der Waals surface area contributed by atoms with E-state index in [1.165, 1.54) is 6.07 Å². The standard InChI is InChI=1S/C10H11ClFNO/c11-9-6(2-1-3-8(9)14)7-4-5-13-10(7)12/h1-3,7,10,13-14H,4-5H2. The van der Waals surface area contributed by atoms with Crippen LogP contribution in [0.25, 0.3) is 0 Å². The van der Waals surface area contributed by atoms with E-state index in [2.05, 4.69) is 5.32 Å². The fourth-order valence-electron chi connectivity index (χ4n) is 1.80. The number of aromatic hydroxyl groups is 1. The van der Waals surface area contributed by atoms with Gasteiger partial charge in [-0.05, 0) is 24.6 Å². The van der Waals surface area contributed by atoms with Crippen LogP contribution in [0.3, 0.4) is 0 Å². The SMILES string of the molecule is Oc1cccc(C2CCNC2F)c1Cl. The van der Waals surface area contributed by atoms with Crippen LogP contribution >= 0.6 is 11.6 Å². The molecule has 0 radical (unpaired) electrons. The molecule has 1 saturated heterocycles. The highest BCUT2D eigenvalue weighted by Gasteiger charge is 2.29. The lowest BCUT2D eigenvalue weighted by molar-refractivity contribution is 0.282. The highest BCUT2D eigenvalue weighted by Crippen LogP contribution is 2.37. The van der Waals surface area contributed by atoms with Gasteiger partial charge in [0, 0.05) is 5.92 Å². The van der Waals surface area contributed by atoms with Crippen molar-refractivity contribution in [1.82, 2.24) is 5.32 Å². The summed E-state index contributed by atoms with van der Waals surface area (Å²) >= 11 is 5.89. The number of halogens is 2. The molecule has 14 heavy (non-hydrogen) atoms.